The normalized spacial score (nSPS) is 12.6. The molecule has 0 heterocycles. The molecular formula is C15H19NO. The van der Waals surface area contributed by atoms with Gasteiger partial charge >= 0.3 is 0 Å². The van der Waals surface area contributed by atoms with E-state index in [4.69, 9.17) is 4.74 Å². The Bertz CT molecular complexity index is 481. The van der Waals surface area contributed by atoms with Crippen LogP contribution in [0.3, 0.4) is 0 Å². The summed E-state index contributed by atoms with van der Waals surface area (Å²) in [6, 6.07) is 15.3. The van der Waals surface area contributed by atoms with Gasteiger partial charge in [0.2, 0.25) is 0 Å². The molecule has 0 saturated carbocycles. The molecule has 0 aliphatic rings. The summed E-state index contributed by atoms with van der Waals surface area (Å²) in [4.78, 5) is 0. The van der Waals surface area contributed by atoms with Gasteiger partial charge in [0.15, 0.2) is 0 Å². The molecule has 0 radical (unpaired) electrons. The van der Waals surface area contributed by atoms with Crippen molar-refractivity contribution < 1.29 is 4.74 Å². The van der Waals surface area contributed by atoms with Gasteiger partial charge in [0.25, 0.3) is 0 Å². The van der Waals surface area contributed by atoms with Crippen LogP contribution in [0.25, 0.3) is 10.8 Å². The number of methoxy groups -OCH3 is 1. The van der Waals surface area contributed by atoms with E-state index < -0.39 is 0 Å². The van der Waals surface area contributed by atoms with E-state index in [1.807, 2.05) is 0 Å². The van der Waals surface area contributed by atoms with E-state index in [1.54, 1.807) is 7.11 Å². The van der Waals surface area contributed by atoms with Crippen LogP contribution < -0.4 is 5.32 Å². The highest BCUT2D eigenvalue weighted by atomic mass is 16.5. The molecule has 0 aromatic heterocycles. The Morgan fingerprint density at radius 2 is 1.88 bits per heavy atom. The van der Waals surface area contributed by atoms with Crippen molar-refractivity contribution in [2.75, 3.05) is 19.0 Å². The Hall–Kier alpha value is -1.54. The SMILES string of the molecule is COCCC(C)Nc1ccc2ccccc2c1. The molecule has 0 aliphatic heterocycles. The van der Waals surface area contributed by atoms with Crippen LogP contribution in [0.15, 0.2) is 42.5 Å². The zero-order chi connectivity index (χ0) is 12.1. The summed E-state index contributed by atoms with van der Waals surface area (Å²) in [7, 11) is 1.74. The first-order chi connectivity index (χ1) is 8.29. The first kappa shape index (κ1) is 11.9. The molecule has 0 fully saturated rings. The van der Waals surface area contributed by atoms with Gasteiger partial charge in [-0.3, -0.25) is 0 Å². The predicted molar refractivity (Wildman–Crippen MR) is 73.5 cm³/mol. The van der Waals surface area contributed by atoms with E-state index in [2.05, 4.69) is 54.7 Å². The lowest BCUT2D eigenvalue weighted by molar-refractivity contribution is 0.191. The Morgan fingerprint density at radius 1 is 1.12 bits per heavy atom. The Labute approximate surface area is 103 Å². The first-order valence-corrected chi connectivity index (χ1v) is 6.04. The third-order valence-corrected chi connectivity index (χ3v) is 2.92. The molecule has 1 unspecified atom stereocenters. The number of nitrogens with one attached hydrogen (secondary N) is 1. The molecule has 0 bridgehead atoms. The van der Waals surface area contributed by atoms with Crippen molar-refractivity contribution in [2.45, 2.75) is 19.4 Å². The number of hydrogen-bond donors (Lipinski definition) is 1. The van der Waals surface area contributed by atoms with Crippen LogP contribution >= 0.6 is 0 Å². The van der Waals surface area contributed by atoms with Crippen LogP contribution in [0, 0.1) is 0 Å². The largest absolute Gasteiger partial charge is 0.385 e. The topological polar surface area (TPSA) is 21.3 Å². The van der Waals surface area contributed by atoms with Crippen molar-refractivity contribution in [1.29, 1.82) is 0 Å². The second kappa shape index (κ2) is 5.69. The molecular weight excluding hydrogens is 210 g/mol. The minimum atomic E-state index is 0.427. The molecule has 90 valence electrons. The van der Waals surface area contributed by atoms with Crippen LogP contribution in [-0.2, 0) is 4.74 Å². The van der Waals surface area contributed by atoms with E-state index in [1.165, 1.54) is 16.5 Å². The van der Waals surface area contributed by atoms with Gasteiger partial charge in [-0.15, -0.1) is 0 Å². The van der Waals surface area contributed by atoms with Gasteiger partial charge in [-0.25, -0.2) is 0 Å². The van der Waals surface area contributed by atoms with Gasteiger partial charge in [-0.2, -0.15) is 0 Å². The van der Waals surface area contributed by atoms with Gasteiger partial charge in [-0.1, -0.05) is 30.3 Å². The lowest BCUT2D eigenvalue weighted by Crippen LogP contribution is -2.16. The third kappa shape index (κ3) is 3.21. The van der Waals surface area contributed by atoms with Crippen LogP contribution in [0.5, 0.6) is 0 Å². The number of benzene rings is 2. The quantitative estimate of drug-likeness (QED) is 0.844. The number of rotatable bonds is 5. The van der Waals surface area contributed by atoms with Gasteiger partial charge in [0.1, 0.15) is 0 Å². The Morgan fingerprint density at radius 3 is 2.65 bits per heavy atom. The van der Waals surface area contributed by atoms with E-state index in [0.29, 0.717) is 6.04 Å². The van der Waals surface area contributed by atoms with Gasteiger partial charge in [0, 0.05) is 25.4 Å². The lowest BCUT2D eigenvalue weighted by atomic mass is 10.1. The summed E-state index contributed by atoms with van der Waals surface area (Å²) in [6.07, 6.45) is 1.02. The summed E-state index contributed by atoms with van der Waals surface area (Å²) < 4.78 is 5.08. The third-order valence-electron chi connectivity index (χ3n) is 2.92. The Balaban J connectivity index is 2.08. The Kier molecular flexibility index (Phi) is 3.99. The standard InChI is InChI=1S/C15H19NO/c1-12(9-10-17-2)16-15-8-7-13-5-3-4-6-14(13)11-15/h3-8,11-12,16H,9-10H2,1-2H3. The zero-order valence-corrected chi connectivity index (χ0v) is 10.4. The smallest absolute Gasteiger partial charge is 0.0481 e. The lowest BCUT2D eigenvalue weighted by Gasteiger charge is -2.15. The molecule has 2 heteroatoms. The average Bonchev–Trinajstić information content (AvgIpc) is 2.36. The van der Waals surface area contributed by atoms with Crippen LogP contribution in [0.2, 0.25) is 0 Å². The highest BCUT2D eigenvalue weighted by molar-refractivity contribution is 5.85. The minimum Gasteiger partial charge on any atom is -0.385 e. The number of ether oxygens (including phenoxy) is 1. The van der Waals surface area contributed by atoms with E-state index in [-0.39, 0.29) is 0 Å². The molecule has 17 heavy (non-hydrogen) atoms. The van der Waals surface area contributed by atoms with Gasteiger partial charge in [0.05, 0.1) is 0 Å². The number of anilines is 1. The molecule has 1 N–H and O–H groups in total. The van der Waals surface area contributed by atoms with Crippen molar-refractivity contribution in [3.63, 3.8) is 0 Å². The molecule has 0 aliphatic carbocycles. The summed E-state index contributed by atoms with van der Waals surface area (Å²) in [5, 5.41) is 6.04. The highest BCUT2D eigenvalue weighted by Gasteiger charge is 2.02. The maximum Gasteiger partial charge on any atom is 0.0481 e. The van der Waals surface area contributed by atoms with E-state index in [0.717, 1.165) is 13.0 Å². The molecule has 1 atom stereocenters. The van der Waals surface area contributed by atoms with E-state index >= 15 is 0 Å². The highest BCUT2D eigenvalue weighted by Crippen LogP contribution is 2.19. The summed E-state index contributed by atoms with van der Waals surface area (Å²) in [6.45, 7) is 2.97. The van der Waals surface area contributed by atoms with Crippen LogP contribution in [0.1, 0.15) is 13.3 Å². The second-order valence-electron chi connectivity index (χ2n) is 4.39. The van der Waals surface area contributed by atoms with E-state index in [9.17, 15) is 0 Å². The number of hydrogen-bond acceptors (Lipinski definition) is 2. The number of fused-ring (bicyclic) bond motifs is 1. The van der Waals surface area contributed by atoms with Crippen molar-refractivity contribution >= 4 is 16.5 Å². The molecule has 2 aromatic rings. The van der Waals surface area contributed by atoms with Gasteiger partial charge < -0.3 is 10.1 Å². The van der Waals surface area contributed by atoms with Crippen LogP contribution in [0.4, 0.5) is 5.69 Å². The van der Waals surface area contributed by atoms with Crippen molar-refractivity contribution in [1.82, 2.24) is 0 Å². The summed E-state index contributed by atoms with van der Waals surface area (Å²) >= 11 is 0. The molecule has 0 amide bonds. The van der Waals surface area contributed by atoms with Crippen molar-refractivity contribution in [3.8, 4) is 0 Å². The fourth-order valence-electron chi connectivity index (χ4n) is 1.93. The summed E-state index contributed by atoms with van der Waals surface area (Å²) in [5.41, 5.74) is 1.17. The molecule has 0 spiro atoms. The van der Waals surface area contributed by atoms with Crippen molar-refractivity contribution in [2.24, 2.45) is 0 Å². The molecule has 2 aromatic carbocycles. The zero-order valence-electron chi connectivity index (χ0n) is 10.4. The maximum atomic E-state index is 5.08. The average molecular weight is 229 g/mol. The minimum absolute atomic E-state index is 0.427. The fraction of sp³-hybridized carbons (Fsp3) is 0.333. The fourth-order valence-corrected chi connectivity index (χ4v) is 1.93. The molecule has 2 rings (SSSR count). The van der Waals surface area contributed by atoms with Gasteiger partial charge in [-0.05, 0) is 36.2 Å². The summed E-state index contributed by atoms with van der Waals surface area (Å²) in [5.74, 6) is 0. The second-order valence-corrected chi connectivity index (χ2v) is 4.39. The molecule has 2 nitrogen and oxygen atoms in total. The molecule has 0 saturated heterocycles. The monoisotopic (exact) mass is 229 g/mol. The van der Waals surface area contributed by atoms with Crippen molar-refractivity contribution in [3.05, 3.63) is 42.5 Å². The maximum absolute atomic E-state index is 5.08. The predicted octanol–water partition coefficient (Wildman–Crippen LogP) is 3.68. The first-order valence-electron chi connectivity index (χ1n) is 6.04. The van der Waals surface area contributed by atoms with Crippen LogP contribution in [-0.4, -0.2) is 19.8 Å².